The van der Waals surface area contributed by atoms with E-state index in [-0.39, 0.29) is 13.0 Å². The van der Waals surface area contributed by atoms with Crippen LogP contribution < -0.4 is 0 Å². The normalized spacial score (nSPS) is 15.2. The average Bonchev–Trinajstić information content (AvgIpc) is 1.59. The van der Waals surface area contributed by atoms with Crippen LogP contribution in [0.5, 0.6) is 0 Å². The van der Waals surface area contributed by atoms with E-state index in [0.717, 1.165) is 0 Å². The number of halogens is 3. The summed E-state index contributed by atoms with van der Waals surface area (Å²) in [6, 6.07) is 0. The van der Waals surface area contributed by atoms with Crippen LogP contribution in [0.2, 0.25) is 0 Å². The fourth-order valence-corrected chi connectivity index (χ4v) is 0.762. The van der Waals surface area contributed by atoms with Crippen molar-refractivity contribution in [3.63, 3.8) is 0 Å². The van der Waals surface area contributed by atoms with Gasteiger partial charge in [0, 0.05) is 6.42 Å². The number of alkyl halides is 3. The summed E-state index contributed by atoms with van der Waals surface area (Å²) in [6.07, 6.45) is 0.106. The van der Waals surface area contributed by atoms with Crippen LogP contribution >= 0.6 is 43.1 Å². The highest BCUT2D eigenvalue weighted by molar-refractivity contribution is 7.32. The third-order valence-corrected chi connectivity index (χ3v) is 1.63. The first-order chi connectivity index (χ1) is 4.42. The van der Waals surface area contributed by atoms with Crippen LogP contribution in [-0.2, 0) is 9.09 Å². The minimum absolute atomic E-state index is 0.0230. The molecule has 0 saturated carbocycles. The molecular weight excluding hydrogens is 221 g/mol. The summed E-state index contributed by atoms with van der Waals surface area (Å²) in [4.78, 5) is 8.14. The van der Waals surface area contributed by atoms with Gasteiger partial charge in [0.05, 0.1) is 6.61 Å². The molecule has 0 amide bonds. The maximum atomic E-state index is 9.92. The van der Waals surface area contributed by atoms with Crippen molar-refractivity contribution < 1.29 is 14.0 Å². The molecule has 0 spiro atoms. The van der Waals surface area contributed by atoms with Crippen LogP contribution in [0.3, 0.4) is 0 Å². The summed E-state index contributed by atoms with van der Waals surface area (Å²) >= 11 is 15.9. The smallest absolute Gasteiger partial charge is 0.316 e. The molecule has 0 aliphatic rings. The lowest BCUT2D eigenvalue weighted by Crippen LogP contribution is -2.05. The molecule has 0 aliphatic carbocycles. The van der Waals surface area contributed by atoms with E-state index in [9.17, 15) is 4.57 Å². The Morgan fingerprint density at radius 2 is 2.00 bits per heavy atom. The Morgan fingerprint density at radius 3 is 2.30 bits per heavy atom. The Balaban J connectivity index is 3.29. The van der Waals surface area contributed by atoms with Gasteiger partial charge in [0.1, 0.15) is 0 Å². The van der Waals surface area contributed by atoms with E-state index in [4.69, 9.17) is 39.7 Å². The zero-order valence-corrected chi connectivity index (χ0v) is 8.08. The third kappa shape index (κ3) is 9.02. The van der Waals surface area contributed by atoms with E-state index in [0.29, 0.717) is 0 Å². The van der Waals surface area contributed by atoms with Gasteiger partial charge >= 0.3 is 8.25 Å². The topological polar surface area (TPSA) is 46.5 Å². The zero-order chi connectivity index (χ0) is 8.20. The first-order valence-electron chi connectivity index (χ1n) is 2.34. The van der Waals surface area contributed by atoms with E-state index >= 15 is 0 Å². The second-order valence-corrected chi connectivity index (χ2v) is 4.82. The quantitative estimate of drug-likeness (QED) is 0.593. The van der Waals surface area contributed by atoms with Crippen LogP contribution in [0.4, 0.5) is 0 Å². The van der Waals surface area contributed by atoms with Gasteiger partial charge in [-0.25, -0.2) is 0 Å². The number of rotatable bonds is 3. The lowest BCUT2D eigenvalue weighted by Gasteiger charge is -2.08. The molecule has 62 valence electrons. The number of hydrogen-bond acceptors (Lipinski definition) is 2. The van der Waals surface area contributed by atoms with Gasteiger partial charge < -0.3 is 9.42 Å². The fraction of sp³-hybridized carbons (Fsp3) is 1.00. The van der Waals surface area contributed by atoms with Crippen molar-refractivity contribution in [3.8, 4) is 0 Å². The molecule has 1 unspecified atom stereocenters. The summed E-state index contributed by atoms with van der Waals surface area (Å²) in [6.45, 7) is -0.0230. The summed E-state index contributed by atoms with van der Waals surface area (Å²) in [5.41, 5.74) is 0. The molecule has 3 nitrogen and oxygen atoms in total. The van der Waals surface area contributed by atoms with Crippen molar-refractivity contribution in [2.45, 2.75) is 10.2 Å². The van der Waals surface area contributed by atoms with Gasteiger partial charge in [-0.1, -0.05) is 34.8 Å². The molecule has 0 radical (unpaired) electrons. The molecule has 1 atom stereocenters. The predicted molar refractivity (Wildman–Crippen MR) is 42.1 cm³/mol. The van der Waals surface area contributed by atoms with Crippen LogP contribution in [0.25, 0.3) is 0 Å². The maximum absolute atomic E-state index is 9.92. The molecule has 0 rings (SSSR count). The lowest BCUT2D eigenvalue weighted by atomic mass is 10.5. The van der Waals surface area contributed by atoms with Crippen molar-refractivity contribution in [3.05, 3.63) is 0 Å². The Morgan fingerprint density at radius 1 is 1.50 bits per heavy atom. The SMILES string of the molecule is O=[PH](O)OCCC(Cl)(Cl)Cl. The zero-order valence-electron chi connectivity index (χ0n) is 4.81. The minimum Gasteiger partial charge on any atom is -0.326 e. The standard InChI is InChI=1S/C3H6Cl3O3P/c4-3(5,6)1-2-9-10(7)8/h10H,1-2H2,(H,7,8). The van der Waals surface area contributed by atoms with Crippen LogP contribution in [0.1, 0.15) is 6.42 Å². The predicted octanol–water partition coefficient (Wildman–Crippen LogP) is 2.15. The molecule has 0 aromatic heterocycles. The molecule has 1 N–H and O–H groups in total. The van der Waals surface area contributed by atoms with Crippen molar-refractivity contribution in [2.75, 3.05) is 6.61 Å². The lowest BCUT2D eigenvalue weighted by molar-refractivity contribution is 0.279. The van der Waals surface area contributed by atoms with E-state index in [1.165, 1.54) is 0 Å². The highest BCUT2D eigenvalue weighted by Crippen LogP contribution is 2.31. The van der Waals surface area contributed by atoms with Crippen molar-refractivity contribution in [1.29, 1.82) is 0 Å². The highest BCUT2D eigenvalue weighted by Gasteiger charge is 2.18. The fourth-order valence-electron chi connectivity index (χ4n) is 0.254. The Labute approximate surface area is 74.2 Å². The van der Waals surface area contributed by atoms with Gasteiger partial charge in [0.2, 0.25) is 0 Å². The van der Waals surface area contributed by atoms with Gasteiger partial charge in [-0.3, -0.25) is 4.57 Å². The Hall–Kier alpha value is 1.02. The van der Waals surface area contributed by atoms with Crippen molar-refractivity contribution >= 4 is 43.1 Å². The molecule has 0 saturated heterocycles. The van der Waals surface area contributed by atoms with Crippen LogP contribution in [0.15, 0.2) is 0 Å². The molecule has 0 aromatic rings. The monoisotopic (exact) mass is 226 g/mol. The Kier molecular flexibility index (Phi) is 5.30. The Bertz CT molecular complexity index is 123. The molecule has 0 bridgehead atoms. The molecule has 0 aromatic carbocycles. The van der Waals surface area contributed by atoms with Gasteiger partial charge in [-0.05, 0) is 0 Å². The van der Waals surface area contributed by atoms with Gasteiger partial charge in [0.15, 0.2) is 3.79 Å². The second-order valence-electron chi connectivity index (χ2n) is 1.48. The molecule has 10 heavy (non-hydrogen) atoms. The van der Waals surface area contributed by atoms with E-state index in [1.807, 2.05) is 0 Å². The summed E-state index contributed by atoms with van der Waals surface area (Å²) in [5, 5.41) is 0. The highest BCUT2D eigenvalue weighted by atomic mass is 35.6. The van der Waals surface area contributed by atoms with Gasteiger partial charge in [0.25, 0.3) is 0 Å². The summed E-state index contributed by atoms with van der Waals surface area (Å²) in [5.74, 6) is 0. The minimum atomic E-state index is -2.88. The molecule has 0 fully saturated rings. The maximum Gasteiger partial charge on any atom is 0.316 e. The second kappa shape index (κ2) is 4.81. The summed E-state index contributed by atoms with van der Waals surface area (Å²) in [7, 11) is -2.88. The number of hydrogen-bond donors (Lipinski definition) is 1. The molecule has 0 aliphatic heterocycles. The molecular formula is C3H6Cl3O3P. The first-order valence-corrected chi connectivity index (χ1v) is 4.74. The summed E-state index contributed by atoms with van der Waals surface area (Å²) < 4.78 is 12.8. The van der Waals surface area contributed by atoms with E-state index in [1.54, 1.807) is 0 Å². The first kappa shape index (κ1) is 11.0. The van der Waals surface area contributed by atoms with Crippen LogP contribution in [0, 0.1) is 0 Å². The average molecular weight is 227 g/mol. The third-order valence-electron chi connectivity index (χ3n) is 0.611. The van der Waals surface area contributed by atoms with E-state index in [2.05, 4.69) is 4.52 Å². The van der Waals surface area contributed by atoms with Gasteiger partial charge in [-0.15, -0.1) is 0 Å². The molecule has 7 heteroatoms. The van der Waals surface area contributed by atoms with Crippen molar-refractivity contribution in [1.82, 2.24) is 0 Å². The molecule has 0 heterocycles. The van der Waals surface area contributed by atoms with Gasteiger partial charge in [-0.2, -0.15) is 0 Å². The van der Waals surface area contributed by atoms with E-state index < -0.39 is 12.0 Å². The van der Waals surface area contributed by atoms with Crippen molar-refractivity contribution in [2.24, 2.45) is 0 Å². The van der Waals surface area contributed by atoms with Crippen LogP contribution in [-0.4, -0.2) is 15.3 Å². The largest absolute Gasteiger partial charge is 0.326 e.